The molecule has 0 radical (unpaired) electrons. The number of benzene rings is 3. The molecule has 0 bridgehead atoms. The third-order valence-corrected chi connectivity index (χ3v) is 7.24. The number of nitrogens with one attached hydrogen (secondary N) is 1. The Morgan fingerprint density at radius 3 is 2.23 bits per heavy atom. The molecule has 3 aromatic rings. The molecule has 3 aromatic carbocycles. The zero-order valence-corrected chi connectivity index (χ0v) is 22.1. The highest BCUT2D eigenvalue weighted by molar-refractivity contribution is 7.92. The van der Waals surface area contributed by atoms with Crippen molar-refractivity contribution >= 4 is 21.6 Å². The summed E-state index contributed by atoms with van der Waals surface area (Å²) in [5.74, 6) is 0.640. The largest absolute Gasteiger partial charge is 0.496 e. The van der Waals surface area contributed by atoms with E-state index in [9.17, 15) is 13.2 Å². The lowest BCUT2D eigenvalue weighted by molar-refractivity contribution is 0.0935. The number of nitrogens with zero attached hydrogens (tertiary/aromatic N) is 1. The van der Waals surface area contributed by atoms with Crippen LogP contribution in [0.2, 0.25) is 0 Å². The van der Waals surface area contributed by atoms with Crippen LogP contribution >= 0.6 is 0 Å². The number of hydrogen-bond acceptors (Lipinski definition) is 4. The average molecular weight is 495 g/mol. The maximum atomic E-state index is 12.9. The van der Waals surface area contributed by atoms with Gasteiger partial charge in [-0.1, -0.05) is 43.3 Å². The topological polar surface area (TPSA) is 75.7 Å². The van der Waals surface area contributed by atoms with Crippen LogP contribution in [0.3, 0.4) is 0 Å². The van der Waals surface area contributed by atoms with E-state index in [0.29, 0.717) is 11.3 Å². The van der Waals surface area contributed by atoms with Crippen molar-refractivity contribution in [1.29, 1.82) is 0 Å². The fourth-order valence-electron chi connectivity index (χ4n) is 4.08. The average Bonchev–Trinajstić information content (AvgIpc) is 2.82. The SMILES string of the molecule is CCC(NC(=O)c1ccc(CN(c2cc(C)ccc2C)S(C)(=O)=O)cc1)c1ccc(OC)c(C)c1. The van der Waals surface area contributed by atoms with E-state index in [1.807, 2.05) is 64.1 Å². The van der Waals surface area contributed by atoms with Gasteiger partial charge in [0.05, 0.1) is 31.6 Å². The first-order valence-electron chi connectivity index (χ1n) is 11.6. The Morgan fingerprint density at radius 1 is 0.971 bits per heavy atom. The second-order valence-electron chi connectivity index (χ2n) is 8.92. The molecule has 1 atom stereocenters. The minimum Gasteiger partial charge on any atom is -0.496 e. The Labute approximate surface area is 209 Å². The summed E-state index contributed by atoms with van der Waals surface area (Å²) in [6, 6.07) is 18.6. The lowest BCUT2D eigenvalue weighted by atomic mass is 10.0. The van der Waals surface area contributed by atoms with E-state index in [2.05, 4.69) is 5.32 Å². The molecule has 0 aliphatic rings. The first-order chi connectivity index (χ1) is 16.5. The van der Waals surface area contributed by atoms with Gasteiger partial charge in [-0.05, 0) is 79.3 Å². The van der Waals surface area contributed by atoms with Crippen molar-refractivity contribution in [2.75, 3.05) is 17.7 Å². The van der Waals surface area contributed by atoms with Gasteiger partial charge in [0.15, 0.2) is 0 Å². The van der Waals surface area contributed by atoms with Gasteiger partial charge < -0.3 is 10.1 Å². The van der Waals surface area contributed by atoms with Crippen LogP contribution in [0, 0.1) is 20.8 Å². The molecule has 186 valence electrons. The van der Waals surface area contributed by atoms with E-state index in [4.69, 9.17) is 4.74 Å². The molecular formula is C28H34N2O4S. The van der Waals surface area contributed by atoms with E-state index < -0.39 is 10.0 Å². The summed E-state index contributed by atoms with van der Waals surface area (Å²) in [5.41, 5.74) is 5.89. The number of methoxy groups -OCH3 is 1. The molecule has 0 aromatic heterocycles. The normalized spacial score (nSPS) is 12.2. The van der Waals surface area contributed by atoms with Crippen LogP contribution in [-0.4, -0.2) is 27.7 Å². The van der Waals surface area contributed by atoms with Crippen LogP contribution in [0.1, 0.15) is 57.6 Å². The monoisotopic (exact) mass is 494 g/mol. The predicted octanol–water partition coefficient (Wildman–Crippen LogP) is 5.47. The number of carbonyl (C=O) groups excluding carboxylic acids is 1. The number of anilines is 1. The van der Waals surface area contributed by atoms with Gasteiger partial charge in [-0.2, -0.15) is 0 Å². The summed E-state index contributed by atoms with van der Waals surface area (Å²) >= 11 is 0. The standard InChI is InChI=1S/C28H34N2O4S/c1-7-25(24-14-15-27(34-5)21(4)17-24)29-28(31)23-12-10-22(11-13-23)18-30(35(6,32)33)26-16-19(2)8-9-20(26)3/h8-17,25H,7,18H2,1-6H3,(H,29,31). The Balaban J connectivity index is 1.77. The van der Waals surface area contributed by atoms with Gasteiger partial charge in [0.1, 0.15) is 5.75 Å². The van der Waals surface area contributed by atoms with E-state index in [-0.39, 0.29) is 18.5 Å². The zero-order chi connectivity index (χ0) is 25.8. The fourth-order valence-corrected chi connectivity index (χ4v) is 5.02. The molecule has 0 spiro atoms. The molecular weight excluding hydrogens is 460 g/mol. The first-order valence-corrected chi connectivity index (χ1v) is 13.5. The van der Waals surface area contributed by atoms with Gasteiger partial charge >= 0.3 is 0 Å². The van der Waals surface area contributed by atoms with Crippen LogP contribution in [0.4, 0.5) is 5.69 Å². The minimum atomic E-state index is -3.50. The van der Waals surface area contributed by atoms with Gasteiger partial charge in [0.2, 0.25) is 10.0 Å². The number of hydrogen-bond donors (Lipinski definition) is 1. The summed E-state index contributed by atoms with van der Waals surface area (Å²) in [6.07, 6.45) is 1.96. The van der Waals surface area contributed by atoms with Crippen LogP contribution in [0.5, 0.6) is 5.75 Å². The third-order valence-electron chi connectivity index (χ3n) is 6.11. The smallest absolute Gasteiger partial charge is 0.251 e. The maximum Gasteiger partial charge on any atom is 0.251 e. The highest BCUT2D eigenvalue weighted by atomic mass is 32.2. The van der Waals surface area contributed by atoms with Crippen molar-refractivity contribution in [3.05, 3.63) is 94.0 Å². The summed E-state index contributed by atoms with van der Waals surface area (Å²) in [4.78, 5) is 12.9. The number of ether oxygens (including phenoxy) is 1. The van der Waals surface area contributed by atoms with Crippen molar-refractivity contribution in [3.8, 4) is 5.75 Å². The van der Waals surface area contributed by atoms with E-state index in [1.165, 1.54) is 10.6 Å². The van der Waals surface area contributed by atoms with Crippen LogP contribution in [-0.2, 0) is 16.6 Å². The van der Waals surface area contributed by atoms with E-state index in [1.54, 1.807) is 31.4 Å². The molecule has 1 N–H and O–H groups in total. The summed E-state index contributed by atoms with van der Waals surface area (Å²) in [7, 11) is -1.85. The third kappa shape index (κ3) is 6.42. The molecule has 0 aliphatic heterocycles. The molecule has 3 rings (SSSR count). The lowest BCUT2D eigenvalue weighted by Gasteiger charge is -2.25. The number of amides is 1. The Hall–Kier alpha value is -3.32. The van der Waals surface area contributed by atoms with Crippen molar-refractivity contribution in [1.82, 2.24) is 5.32 Å². The molecule has 1 unspecified atom stereocenters. The van der Waals surface area contributed by atoms with Crippen molar-refractivity contribution in [3.63, 3.8) is 0 Å². The summed E-state index contributed by atoms with van der Waals surface area (Å²) in [5, 5.41) is 3.10. The highest BCUT2D eigenvalue weighted by Crippen LogP contribution is 2.27. The molecule has 7 heteroatoms. The molecule has 0 aliphatic carbocycles. The summed E-state index contributed by atoms with van der Waals surface area (Å²) in [6.45, 7) is 8.03. The summed E-state index contributed by atoms with van der Waals surface area (Å²) < 4.78 is 31.9. The lowest BCUT2D eigenvalue weighted by Crippen LogP contribution is -2.30. The number of carbonyl (C=O) groups is 1. The predicted molar refractivity (Wildman–Crippen MR) is 142 cm³/mol. The fraction of sp³-hybridized carbons (Fsp3) is 0.321. The molecule has 0 heterocycles. The Kier molecular flexibility index (Phi) is 8.22. The van der Waals surface area contributed by atoms with Gasteiger partial charge in [-0.25, -0.2) is 8.42 Å². The Bertz CT molecular complexity index is 1300. The molecule has 0 fully saturated rings. The molecule has 0 saturated carbocycles. The van der Waals surface area contributed by atoms with Crippen LogP contribution in [0.25, 0.3) is 0 Å². The molecule has 6 nitrogen and oxygen atoms in total. The first kappa shape index (κ1) is 26.3. The highest BCUT2D eigenvalue weighted by Gasteiger charge is 2.20. The quantitative estimate of drug-likeness (QED) is 0.428. The van der Waals surface area contributed by atoms with Gasteiger partial charge in [-0.3, -0.25) is 9.10 Å². The Morgan fingerprint density at radius 2 is 1.66 bits per heavy atom. The second-order valence-corrected chi connectivity index (χ2v) is 10.8. The van der Waals surface area contributed by atoms with Gasteiger partial charge in [-0.15, -0.1) is 0 Å². The van der Waals surface area contributed by atoms with E-state index in [0.717, 1.165) is 40.0 Å². The van der Waals surface area contributed by atoms with Crippen LogP contribution in [0.15, 0.2) is 60.7 Å². The minimum absolute atomic E-state index is 0.128. The van der Waals surface area contributed by atoms with E-state index >= 15 is 0 Å². The second kappa shape index (κ2) is 11.0. The number of rotatable bonds is 9. The van der Waals surface area contributed by atoms with Gasteiger partial charge in [0, 0.05) is 5.56 Å². The molecule has 1 amide bonds. The molecule has 35 heavy (non-hydrogen) atoms. The van der Waals surface area contributed by atoms with Crippen molar-refractivity contribution in [2.45, 2.75) is 46.7 Å². The maximum absolute atomic E-state index is 12.9. The van der Waals surface area contributed by atoms with Crippen LogP contribution < -0.4 is 14.4 Å². The van der Waals surface area contributed by atoms with Gasteiger partial charge in [0.25, 0.3) is 5.91 Å². The molecule has 0 saturated heterocycles. The zero-order valence-electron chi connectivity index (χ0n) is 21.3. The number of aryl methyl sites for hydroxylation is 3. The van der Waals surface area contributed by atoms with Crippen molar-refractivity contribution < 1.29 is 17.9 Å². The van der Waals surface area contributed by atoms with Crippen molar-refractivity contribution in [2.24, 2.45) is 0 Å². The number of sulfonamides is 1.